The fourth-order valence-electron chi connectivity index (χ4n) is 2.58. The van der Waals surface area contributed by atoms with Gasteiger partial charge in [0, 0.05) is 6.20 Å². The van der Waals surface area contributed by atoms with Crippen LogP contribution in [0.15, 0.2) is 58.5 Å². The average Bonchev–Trinajstić information content (AvgIpc) is 3.25. The Balaban J connectivity index is 1.76. The lowest BCUT2D eigenvalue weighted by Crippen LogP contribution is -2.30. The van der Waals surface area contributed by atoms with Gasteiger partial charge in [0.1, 0.15) is 0 Å². The van der Waals surface area contributed by atoms with E-state index >= 15 is 0 Å². The topological polar surface area (TPSA) is 46.1 Å². The molecule has 0 atom stereocenters. The van der Waals surface area contributed by atoms with Crippen LogP contribution in [0.1, 0.15) is 20.9 Å². The predicted molar refractivity (Wildman–Crippen MR) is 111 cm³/mol. The maximum atomic E-state index is 13.2. The first-order chi connectivity index (χ1) is 12.6. The highest BCUT2D eigenvalue weighted by atomic mass is 79.9. The number of rotatable bonds is 4. The Hall–Kier alpha value is -2.09. The number of amides is 1. The van der Waals surface area contributed by atoms with Gasteiger partial charge in [0.05, 0.1) is 31.1 Å². The normalized spacial score (nSPS) is 11.0. The van der Waals surface area contributed by atoms with Crippen molar-refractivity contribution < 1.29 is 4.79 Å². The molecule has 3 heterocycles. The third-order valence-corrected chi connectivity index (χ3v) is 6.49. The van der Waals surface area contributed by atoms with Crippen LogP contribution in [-0.2, 0) is 6.54 Å². The van der Waals surface area contributed by atoms with E-state index in [-0.39, 0.29) is 5.91 Å². The molecule has 4 aromatic rings. The van der Waals surface area contributed by atoms with Crippen LogP contribution in [0.2, 0.25) is 0 Å². The highest BCUT2D eigenvalue weighted by Crippen LogP contribution is 2.32. The van der Waals surface area contributed by atoms with E-state index in [0.717, 1.165) is 19.7 Å². The minimum atomic E-state index is -0.0675. The molecule has 0 aliphatic heterocycles. The Bertz CT molecular complexity index is 1070. The number of halogens is 1. The van der Waals surface area contributed by atoms with E-state index in [9.17, 15) is 4.79 Å². The number of carbonyl (C=O) groups is 1. The number of fused-ring (bicyclic) bond motifs is 1. The van der Waals surface area contributed by atoms with E-state index in [2.05, 4.69) is 33.9 Å². The van der Waals surface area contributed by atoms with Crippen LogP contribution < -0.4 is 4.90 Å². The van der Waals surface area contributed by atoms with Crippen molar-refractivity contribution in [1.29, 1.82) is 0 Å². The summed E-state index contributed by atoms with van der Waals surface area (Å²) in [6.45, 7) is 2.44. The number of anilines is 1. The van der Waals surface area contributed by atoms with E-state index in [4.69, 9.17) is 4.98 Å². The third kappa shape index (κ3) is 3.56. The number of pyridine rings is 1. The summed E-state index contributed by atoms with van der Waals surface area (Å²) in [4.78, 5) is 24.6. The van der Waals surface area contributed by atoms with Crippen molar-refractivity contribution in [1.82, 2.24) is 9.97 Å². The maximum Gasteiger partial charge on any atom is 0.270 e. The van der Waals surface area contributed by atoms with Crippen LogP contribution in [0.3, 0.4) is 0 Å². The van der Waals surface area contributed by atoms with Crippen molar-refractivity contribution >= 4 is 59.9 Å². The molecule has 1 aromatic carbocycles. The SMILES string of the molecule is Cc1ccc2nc(N(Cc3ccccn3)C(=O)c3ccc(Br)s3)sc2c1. The number of aromatic nitrogens is 2. The second kappa shape index (κ2) is 7.26. The number of carbonyl (C=O) groups excluding carboxylic acids is 1. The van der Waals surface area contributed by atoms with Gasteiger partial charge in [-0.15, -0.1) is 11.3 Å². The largest absolute Gasteiger partial charge is 0.277 e. The number of thiazole rings is 1. The lowest BCUT2D eigenvalue weighted by atomic mass is 10.2. The van der Waals surface area contributed by atoms with Gasteiger partial charge >= 0.3 is 0 Å². The molecule has 0 saturated heterocycles. The molecular weight excluding hydrogens is 430 g/mol. The maximum absolute atomic E-state index is 13.2. The van der Waals surface area contributed by atoms with Crippen molar-refractivity contribution in [2.45, 2.75) is 13.5 Å². The van der Waals surface area contributed by atoms with Gasteiger partial charge < -0.3 is 0 Å². The van der Waals surface area contributed by atoms with Gasteiger partial charge in [-0.25, -0.2) is 4.98 Å². The van der Waals surface area contributed by atoms with Gasteiger partial charge in [-0.2, -0.15) is 0 Å². The fraction of sp³-hybridized carbons (Fsp3) is 0.105. The van der Waals surface area contributed by atoms with Gasteiger partial charge in [0.2, 0.25) is 0 Å². The van der Waals surface area contributed by atoms with Gasteiger partial charge in [0.25, 0.3) is 5.91 Å². The summed E-state index contributed by atoms with van der Waals surface area (Å²) in [5.41, 5.74) is 2.91. The fourth-order valence-corrected chi connectivity index (χ4v) is 4.97. The minimum absolute atomic E-state index is 0.0675. The molecule has 0 aliphatic rings. The highest BCUT2D eigenvalue weighted by molar-refractivity contribution is 9.11. The van der Waals surface area contributed by atoms with Crippen molar-refractivity contribution in [3.05, 3.63) is 74.6 Å². The summed E-state index contributed by atoms with van der Waals surface area (Å²) in [5.74, 6) is -0.0675. The van der Waals surface area contributed by atoms with E-state index < -0.39 is 0 Å². The first-order valence-corrected chi connectivity index (χ1v) is 10.4. The van der Waals surface area contributed by atoms with Crippen molar-refractivity contribution in [3.63, 3.8) is 0 Å². The number of benzene rings is 1. The smallest absolute Gasteiger partial charge is 0.270 e. The molecule has 4 nitrogen and oxygen atoms in total. The summed E-state index contributed by atoms with van der Waals surface area (Å²) in [6, 6.07) is 15.6. The van der Waals surface area contributed by atoms with E-state index in [1.807, 2.05) is 42.5 Å². The standard InChI is InChI=1S/C19H14BrN3OS2/c1-12-5-6-14-16(10-12)26-19(22-14)23(11-13-4-2-3-9-21-13)18(24)15-7-8-17(20)25-15/h2-10H,11H2,1H3. The lowest BCUT2D eigenvalue weighted by Gasteiger charge is -2.18. The zero-order chi connectivity index (χ0) is 18.1. The molecule has 130 valence electrons. The Morgan fingerprint density at radius 1 is 1.15 bits per heavy atom. The van der Waals surface area contributed by atoms with Crippen LogP contribution in [-0.4, -0.2) is 15.9 Å². The molecular formula is C19H14BrN3OS2. The highest BCUT2D eigenvalue weighted by Gasteiger charge is 2.23. The number of thiophene rings is 1. The van der Waals surface area contributed by atoms with E-state index in [1.54, 1.807) is 11.1 Å². The molecule has 3 aromatic heterocycles. The zero-order valence-electron chi connectivity index (χ0n) is 13.8. The molecule has 0 aliphatic carbocycles. The lowest BCUT2D eigenvalue weighted by molar-refractivity contribution is 0.0988. The molecule has 0 N–H and O–H groups in total. The van der Waals surface area contributed by atoms with E-state index in [0.29, 0.717) is 16.6 Å². The Morgan fingerprint density at radius 3 is 2.77 bits per heavy atom. The number of aryl methyl sites for hydroxylation is 1. The third-order valence-electron chi connectivity index (χ3n) is 3.84. The van der Waals surface area contributed by atoms with Crippen molar-refractivity contribution in [3.8, 4) is 0 Å². The molecule has 26 heavy (non-hydrogen) atoms. The first-order valence-electron chi connectivity index (χ1n) is 7.94. The molecule has 0 spiro atoms. The van der Waals surface area contributed by atoms with Crippen molar-refractivity contribution in [2.24, 2.45) is 0 Å². The summed E-state index contributed by atoms with van der Waals surface area (Å²) in [7, 11) is 0. The Morgan fingerprint density at radius 2 is 2.04 bits per heavy atom. The Kier molecular flexibility index (Phi) is 4.84. The monoisotopic (exact) mass is 443 g/mol. The quantitative estimate of drug-likeness (QED) is 0.408. The molecule has 0 saturated carbocycles. The average molecular weight is 444 g/mol. The second-order valence-corrected chi connectivity index (χ2v) is 9.26. The van der Waals surface area contributed by atoms with E-state index in [1.165, 1.54) is 28.2 Å². The van der Waals surface area contributed by atoms with Crippen LogP contribution >= 0.6 is 38.6 Å². The van der Waals surface area contributed by atoms with Gasteiger partial charge in [0.15, 0.2) is 5.13 Å². The zero-order valence-corrected chi connectivity index (χ0v) is 17.1. The van der Waals surface area contributed by atoms with Gasteiger partial charge in [-0.05, 0) is 64.8 Å². The molecule has 0 fully saturated rings. The van der Waals surface area contributed by atoms with Gasteiger partial charge in [-0.3, -0.25) is 14.7 Å². The van der Waals surface area contributed by atoms with Crippen LogP contribution in [0.25, 0.3) is 10.2 Å². The van der Waals surface area contributed by atoms with Crippen molar-refractivity contribution in [2.75, 3.05) is 4.90 Å². The second-order valence-electron chi connectivity index (χ2n) is 5.78. The van der Waals surface area contributed by atoms with Crippen LogP contribution in [0, 0.1) is 6.92 Å². The predicted octanol–water partition coefficient (Wildman–Crippen LogP) is 5.67. The Labute approximate surface area is 167 Å². The van der Waals surface area contributed by atoms with Gasteiger partial charge in [-0.1, -0.05) is 23.5 Å². The first kappa shape index (κ1) is 17.3. The number of hydrogen-bond donors (Lipinski definition) is 0. The molecule has 7 heteroatoms. The molecule has 0 unspecified atom stereocenters. The van der Waals surface area contributed by atoms with Crippen LogP contribution in [0.4, 0.5) is 5.13 Å². The minimum Gasteiger partial charge on any atom is -0.277 e. The molecule has 4 rings (SSSR count). The number of nitrogens with zero attached hydrogens (tertiary/aromatic N) is 3. The molecule has 0 radical (unpaired) electrons. The summed E-state index contributed by atoms with van der Waals surface area (Å²) < 4.78 is 2.00. The van der Waals surface area contributed by atoms with Crippen LogP contribution in [0.5, 0.6) is 0 Å². The summed E-state index contributed by atoms with van der Waals surface area (Å²) >= 11 is 6.38. The molecule has 1 amide bonds. The number of hydrogen-bond acceptors (Lipinski definition) is 5. The summed E-state index contributed by atoms with van der Waals surface area (Å²) in [5, 5.41) is 0.686. The molecule has 0 bridgehead atoms. The summed E-state index contributed by atoms with van der Waals surface area (Å²) in [6.07, 6.45) is 1.74.